The molecule has 1 N–H and O–H groups in total. The van der Waals surface area contributed by atoms with Crippen molar-refractivity contribution >= 4 is 0 Å². The van der Waals surface area contributed by atoms with Gasteiger partial charge in [-0.05, 0) is 43.0 Å². The van der Waals surface area contributed by atoms with Crippen LogP contribution in [0.1, 0.15) is 56.3 Å². The third-order valence-electron chi connectivity index (χ3n) is 4.48. The number of hydrogen-bond acceptors (Lipinski definition) is 2. The van der Waals surface area contributed by atoms with Crippen molar-refractivity contribution in [1.82, 2.24) is 5.32 Å². The summed E-state index contributed by atoms with van der Waals surface area (Å²) in [5.74, 6) is 2.75. The Morgan fingerprint density at radius 3 is 2.48 bits per heavy atom. The maximum atomic E-state index is 5.89. The van der Waals surface area contributed by atoms with Crippen molar-refractivity contribution in [2.45, 2.75) is 51.5 Å². The van der Waals surface area contributed by atoms with E-state index in [0.29, 0.717) is 0 Å². The minimum Gasteiger partial charge on any atom is -0.460 e. The zero-order chi connectivity index (χ0) is 14.5. The van der Waals surface area contributed by atoms with E-state index in [0.717, 1.165) is 30.5 Å². The Kier molecular flexibility index (Phi) is 4.76. The van der Waals surface area contributed by atoms with Crippen LogP contribution in [-0.4, -0.2) is 6.54 Å². The lowest BCUT2D eigenvalue weighted by Crippen LogP contribution is -2.10. The summed E-state index contributed by atoms with van der Waals surface area (Å²) in [7, 11) is 0. The van der Waals surface area contributed by atoms with Gasteiger partial charge in [0, 0.05) is 5.56 Å². The van der Waals surface area contributed by atoms with Gasteiger partial charge < -0.3 is 9.73 Å². The lowest BCUT2D eigenvalue weighted by molar-refractivity contribution is 0.443. The molecule has 1 aliphatic rings. The van der Waals surface area contributed by atoms with Crippen molar-refractivity contribution in [3.05, 3.63) is 47.7 Å². The highest BCUT2D eigenvalue weighted by molar-refractivity contribution is 5.58. The summed E-state index contributed by atoms with van der Waals surface area (Å²) in [6, 6.07) is 13.1. The Balaban J connectivity index is 1.69. The van der Waals surface area contributed by atoms with Crippen LogP contribution < -0.4 is 5.32 Å². The van der Waals surface area contributed by atoms with Gasteiger partial charge in [0.05, 0.1) is 6.54 Å². The summed E-state index contributed by atoms with van der Waals surface area (Å²) >= 11 is 0. The molecule has 1 aliphatic carbocycles. The van der Waals surface area contributed by atoms with Crippen molar-refractivity contribution in [2.75, 3.05) is 6.54 Å². The smallest absolute Gasteiger partial charge is 0.134 e. The molecule has 2 aromatic rings. The largest absolute Gasteiger partial charge is 0.460 e. The Labute approximate surface area is 127 Å². The van der Waals surface area contributed by atoms with E-state index in [1.54, 1.807) is 0 Å². The molecular weight excluding hydrogens is 258 g/mol. The van der Waals surface area contributed by atoms with E-state index >= 15 is 0 Å². The molecular formula is C19H25NO. The van der Waals surface area contributed by atoms with Crippen molar-refractivity contribution < 1.29 is 4.42 Å². The number of hydrogen-bond donors (Lipinski definition) is 1. The Hall–Kier alpha value is -1.54. The number of furan rings is 1. The van der Waals surface area contributed by atoms with Gasteiger partial charge in [-0.1, -0.05) is 50.5 Å². The first-order valence-electron chi connectivity index (χ1n) is 8.26. The molecule has 1 saturated carbocycles. The molecule has 1 aromatic heterocycles. The third kappa shape index (κ3) is 3.56. The highest BCUT2D eigenvalue weighted by atomic mass is 16.3. The molecule has 0 atom stereocenters. The summed E-state index contributed by atoms with van der Waals surface area (Å²) in [6.07, 6.45) is 6.90. The van der Waals surface area contributed by atoms with Gasteiger partial charge in [-0.25, -0.2) is 0 Å². The molecule has 112 valence electrons. The average Bonchev–Trinajstić information content (AvgIpc) is 3.03. The van der Waals surface area contributed by atoms with Crippen LogP contribution in [0.2, 0.25) is 0 Å². The molecule has 2 heteroatoms. The van der Waals surface area contributed by atoms with Gasteiger partial charge in [-0.3, -0.25) is 0 Å². The van der Waals surface area contributed by atoms with Gasteiger partial charge in [0.15, 0.2) is 0 Å². The first-order chi connectivity index (χ1) is 10.4. The molecule has 0 saturated heterocycles. The molecule has 0 radical (unpaired) electrons. The van der Waals surface area contributed by atoms with Crippen LogP contribution in [0, 0.1) is 0 Å². The molecule has 0 spiro atoms. The van der Waals surface area contributed by atoms with Crippen molar-refractivity contribution in [3.8, 4) is 11.3 Å². The Bertz CT molecular complexity index is 549. The van der Waals surface area contributed by atoms with Crippen LogP contribution >= 0.6 is 0 Å². The quantitative estimate of drug-likeness (QED) is 0.825. The standard InChI is InChI=1S/C19H25NO/c1-2-20-14-18-12-13-19(21-18)17-10-8-16(9-11-17)15-6-4-3-5-7-15/h8-13,15,20H,2-7,14H2,1H3. The van der Waals surface area contributed by atoms with E-state index in [2.05, 4.69) is 48.6 Å². The lowest BCUT2D eigenvalue weighted by Gasteiger charge is -2.21. The highest BCUT2D eigenvalue weighted by Gasteiger charge is 2.15. The van der Waals surface area contributed by atoms with Crippen LogP contribution in [0.25, 0.3) is 11.3 Å². The summed E-state index contributed by atoms with van der Waals surface area (Å²) < 4.78 is 5.89. The maximum Gasteiger partial charge on any atom is 0.134 e. The van der Waals surface area contributed by atoms with Crippen LogP contribution in [-0.2, 0) is 6.54 Å². The van der Waals surface area contributed by atoms with E-state index in [9.17, 15) is 0 Å². The normalized spacial score (nSPS) is 16.2. The summed E-state index contributed by atoms with van der Waals surface area (Å²) in [5, 5.41) is 3.29. The second kappa shape index (κ2) is 6.95. The summed E-state index contributed by atoms with van der Waals surface area (Å²) in [6.45, 7) is 3.87. The number of rotatable bonds is 5. The fraction of sp³-hybridized carbons (Fsp3) is 0.474. The van der Waals surface area contributed by atoms with Crippen LogP contribution in [0.15, 0.2) is 40.8 Å². The van der Waals surface area contributed by atoms with Gasteiger partial charge >= 0.3 is 0 Å². The molecule has 3 rings (SSSR count). The summed E-state index contributed by atoms with van der Waals surface area (Å²) in [4.78, 5) is 0. The molecule has 0 bridgehead atoms. The fourth-order valence-corrected chi connectivity index (χ4v) is 3.23. The van der Waals surface area contributed by atoms with Gasteiger partial charge in [0.25, 0.3) is 0 Å². The SMILES string of the molecule is CCNCc1ccc(-c2ccc(C3CCCCC3)cc2)o1. The van der Waals surface area contributed by atoms with Gasteiger partial charge in [0.2, 0.25) is 0 Å². The first kappa shape index (κ1) is 14.4. The van der Waals surface area contributed by atoms with Crippen molar-refractivity contribution in [3.63, 3.8) is 0 Å². The number of benzene rings is 1. The van der Waals surface area contributed by atoms with Crippen molar-refractivity contribution in [1.29, 1.82) is 0 Å². The second-order valence-corrected chi connectivity index (χ2v) is 6.00. The Morgan fingerprint density at radius 2 is 1.76 bits per heavy atom. The van der Waals surface area contributed by atoms with E-state index in [1.165, 1.54) is 43.2 Å². The minimum atomic E-state index is 0.772. The minimum absolute atomic E-state index is 0.772. The van der Waals surface area contributed by atoms with E-state index < -0.39 is 0 Å². The van der Waals surface area contributed by atoms with Crippen molar-refractivity contribution in [2.24, 2.45) is 0 Å². The summed E-state index contributed by atoms with van der Waals surface area (Å²) in [5.41, 5.74) is 2.68. The van der Waals surface area contributed by atoms with Gasteiger partial charge in [-0.2, -0.15) is 0 Å². The first-order valence-corrected chi connectivity index (χ1v) is 8.26. The van der Waals surface area contributed by atoms with Crippen LogP contribution in [0.5, 0.6) is 0 Å². The van der Waals surface area contributed by atoms with Gasteiger partial charge in [-0.15, -0.1) is 0 Å². The van der Waals surface area contributed by atoms with E-state index in [1.807, 2.05) is 0 Å². The lowest BCUT2D eigenvalue weighted by atomic mass is 9.84. The molecule has 0 unspecified atom stereocenters. The molecule has 0 aliphatic heterocycles. The molecule has 1 heterocycles. The van der Waals surface area contributed by atoms with Crippen LogP contribution in [0.4, 0.5) is 0 Å². The van der Waals surface area contributed by atoms with E-state index in [4.69, 9.17) is 4.42 Å². The topological polar surface area (TPSA) is 25.2 Å². The van der Waals surface area contributed by atoms with Gasteiger partial charge in [0.1, 0.15) is 11.5 Å². The van der Waals surface area contributed by atoms with E-state index in [-0.39, 0.29) is 0 Å². The molecule has 21 heavy (non-hydrogen) atoms. The average molecular weight is 283 g/mol. The zero-order valence-corrected chi connectivity index (χ0v) is 12.9. The highest BCUT2D eigenvalue weighted by Crippen LogP contribution is 2.33. The predicted molar refractivity (Wildman–Crippen MR) is 87.4 cm³/mol. The van der Waals surface area contributed by atoms with Crippen LogP contribution in [0.3, 0.4) is 0 Å². The number of nitrogens with one attached hydrogen (secondary N) is 1. The molecule has 1 aromatic carbocycles. The predicted octanol–water partition coefficient (Wildman–Crippen LogP) is 5.10. The molecule has 0 amide bonds. The second-order valence-electron chi connectivity index (χ2n) is 6.00. The monoisotopic (exact) mass is 283 g/mol. The molecule has 2 nitrogen and oxygen atoms in total. The maximum absolute atomic E-state index is 5.89. The Morgan fingerprint density at radius 1 is 1.00 bits per heavy atom. The molecule has 1 fully saturated rings. The zero-order valence-electron chi connectivity index (χ0n) is 12.9. The fourth-order valence-electron chi connectivity index (χ4n) is 3.23. The third-order valence-corrected chi connectivity index (χ3v) is 4.48.